The van der Waals surface area contributed by atoms with E-state index in [-0.39, 0.29) is 17.7 Å². The minimum Gasteiger partial charge on any atom is -0.340 e. The third kappa shape index (κ3) is 5.97. The molecular weight excluding hydrogens is 418 g/mol. The van der Waals surface area contributed by atoms with Crippen LogP contribution in [-0.2, 0) is 4.79 Å². The van der Waals surface area contributed by atoms with Crippen LogP contribution in [0.2, 0.25) is 5.02 Å². The van der Waals surface area contributed by atoms with E-state index < -0.39 is 6.04 Å². The molecule has 0 aromatic heterocycles. The van der Waals surface area contributed by atoms with Crippen molar-refractivity contribution in [3.05, 3.63) is 69.2 Å². The van der Waals surface area contributed by atoms with Gasteiger partial charge >= 0.3 is 0 Å². The Morgan fingerprint density at radius 2 is 1.69 bits per heavy atom. The summed E-state index contributed by atoms with van der Waals surface area (Å²) >= 11 is 9.18. The van der Waals surface area contributed by atoms with Crippen molar-refractivity contribution in [2.75, 3.05) is 0 Å². The summed E-state index contributed by atoms with van der Waals surface area (Å²) in [6.07, 6.45) is 1.54. The molecule has 0 spiro atoms. The molecule has 0 radical (unpaired) electrons. The van der Waals surface area contributed by atoms with Crippen LogP contribution in [0.25, 0.3) is 0 Å². The van der Waals surface area contributed by atoms with Crippen LogP contribution in [0.5, 0.6) is 0 Å². The molecule has 0 heterocycles. The summed E-state index contributed by atoms with van der Waals surface area (Å²) in [4.78, 5) is 24.7. The van der Waals surface area contributed by atoms with E-state index in [4.69, 9.17) is 11.6 Å². The fraction of sp³-hybridized carbons (Fsp3) is 0.211. The molecule has 1 unspecified atom stereocenters. The fourth-order valence-corrected chi connectivity index (χ4v) is 2.54. The van der Waals surface area contributed by atoms with Gasteiger partial charge in [-0.1, -0.05) is 53.5 Å². The fourth-order valence-electron chi connectivity index (χ4n) is 2.15. The summed E-state index contributed by atoms with van der Waals surface area (Å²) < 4.78 is 0.962. The topological polar surface area (TPSA) is 70.6 Å². The second kappa shape index (κ2) is 9.50. The van der Waals surface area contributed by atoms with E-state index in [1.165, 1.54) is 0 Å². The molecule has 0 aliphatic rings. The third-order valence-electron chi connectivity index (χ3n) is 3.60. The van der Waals surface area contributed by atoms with Crippen LogP contribution in [0.1, 0.15) is 29.8 Å². The monoisotopic (exact) mass is 435 g/mol. The number of halogens is 2. The van der Waals surface area contributed by atoms with Crippen molar-refractivity contribution >= 4 is 45.6 Å². The number of carbonyl (C=O) groups is 2. The van der Waals surface area contributed by atoms with E-state index in [1.54, 1.807) is 30.5 Å². The molecule has 7 heteroatoms. The predicted molar refractivity (Wildman–Crippen MR) is 107 cm³/mol. The lowest BCUT2D eigenvalue weighted by Crippen LogP contribution is -2.48. The number of nitrogens with one attached hydrogen (secondary N) is 2. The lowest BCUT2D eigenvalue weighted by atomic mass is 10.0. The van der Waals surface area contributed by atoms with Crippen molar-refractivity contribution in [3.8, 4) is 0 Å². The number of hydrogen-bond donors (Lipinski definition) is 2. The lowest BCUT2D eigenvalue weighted by molar-refractivity contribution is -0.123. The average Bonchev–Trinajstić information content (AvgIpc) is 2.61. The van der Waals surface area contributed by atoms with Gasteiger partial charge in [-0.3, -0.25) is 9.59 Å². The number of nitrogens with zero attached hydrogens (tertiary/aromatic N) is 1. The number of rotatable bonds is 6. The van der Waals surface area contributed by atoms with Gasteiger partial charge in [-0.2, -0.15) is 5.10 Å². The van der Waals surface area contributed by atoms with Gasteiger partial charge in [0.25, 0.3) is 11.8 Å². The summed E-state index contributed by atoms with van der Waals surface area (Å²) in [5.41, 5.74) is 3.76. The highest BCUT2D eigenvalue weighted by Crippen LogP contribution is 2.11. The van der Waals surface area contributed by atoms with E-state index in [0.29, 0.717) is 10.6 Å². The number of amides is 2. The molecule has 5 nitrogen and oxygen atoms in total. The Balaban J connectivity index is 1.99. The normalized spacial score (nSPS) is 12.2. The first-order valence-corrected chi connectivity index (χ1v) is 9.19. The lowest BCUT2D eigenvalue weighted by Gasteiger charge is -2.20. The van der Waals surface area contributed by atoms with Gasteiger partial charge in [-0.05, 0) is 47.9 Å². The van der Waals surface area contributed by atoms with Crippen LogP contribution in [0.3, 0.4) is 0 Å². The molecule has 2 amide bonds. The largest absolute Gasteiger partial charge is 0.340 e. The van der Waals surface area contributed by atoms with Crippen molar-refractivity contribution in [3.63, 3.8) is 0 Å². The van der Waals surface area contributed by atoms with E-state index in [9.17, 15) is 9.59 Å². The maximum absolute atomic E-state index is 12.4. The maximum Gasteiger partial charge on any atom is 0.262 e. The summed E-state index contributed by atoms with van der Waals surface area (Å²) in [7, 11) is 0. The molecule has 0 fully saturated rings. The summed E-state index contributed by atoms with van der Waals surface area (Å²) in [5.74, 6) is -0.822. The van der Waals surface area contributed by atoms with Gasteiger partial charge in [0.2, 0.25) is 0 Å². The summed E-state index contributed by atoms with van der Waals surface area (Å²) in [6, 6.07) is 13.3. The molecule has 1 atom stereocenters. The molecule has 0 saturated carbocycles. The van der Waals surface area contributed by atoms with Crippen molar-refractivity contribution in [1.82, 2.24) is 10.7 Å². The molecule has 0 bridgehead atoms. The van der Waals surface area contributed by atoms with Crippen LogP contribution < -0.4 is 10.7 Å². The van der Waals surface area contributed by atoms with Gasteiger partial charge < -0.3 is 5.32 Å². The number of carbonyl (C=O) groups excluding carboxylic acids is 2. The van der Waals surface area contributed by atoms with Gasteiger partial charge in [0, 0.05) is 15.1 Å². The van der Waals surface area contributed by atoms with Crippen molar-refractivity contribution in [1.29, 1.82) is 0 Å². The summed E-state index contributed by atoms with van der Waals surface area (Å²) in [5, 5.41) is 7.23. The first kappa shape index (κ1) is 20.1. The zero-order valence-electron chi connectivity index (χ0n) is 14.4. The number of benzene rings is 2. The Kier molecular flexibility index (Phi) is 7.36. The molecule has 0 saturated heterocycles. The molecular formula is C19H19BrClN3O2. The quantitative estimate of drug-likeness (QED) is 0.530. The first-order valence-electron chi connectivity index (χ1n) is 8.01. The average molecular weight is 437 g/mol. The Morgan fingerprint density at radius 1 is 1.08 bits per heavy atom. The molecule has 0 aliphatic carbocycles. The number of hydrazone groups is 1. The molecule has 2 aromatic carbocycles. The summed E-state index contributed by atoms with van der Waals surface area (Å²) in [6.45, 7) is 3.70. The molecule has 136 valence electrons. The molecule has 2 aromatic rings. The van der Waals surface area contributed by atoms with Crippen molar-refractivity contribution < 1.29 is 9.59 Å². The smallest absolute Gasteiger partial charge is 0.262 e. The van der Waals surface area contributed by atoms with E-state index in [1.807, 2.05) is 38.1 Å². The SMILES string of the molecule is CC(C)C(NC(=O)c1ccc(Cl)cc1)C(=O)NN=Cc1ccc(Br)cc1. The van der Waals surface area contributed by atoms with Gasteiger partial charge in [0.05, 0.1) is 6.21 Å². The zero-order chi connectivity index (χ0) is 19.1. The van der Waals surface area contributed by atoms with Crippen LogP contribution in [-0.4, -0.2) is 24.1 Å². The molecule has 2 rings (SSSR count). The standard InChI is InChI=1S/C19H19BrClN3O2/c1-12(2)17(23-18(25)14-5-9-16(21)10-6-14)19(26)24-22-11-13-3-7-15(20)8-4-13/h3-12,17H,1-2H3,(H,23,25)(H,24,26). The second-order valence-corrected chi connectivity index (χ2v) is 7.34. The predicted octanol–water partition coefficient (Wildman–Crippen LogP) is 4.01. The van der Waals surface area contributed by atoms with Gasteiger partial charge in [-0.15, -0.1) is 0 Å². The highest BCUT2D eigenvalue weighted by Gasteiger charge is 2.24. The Labute approximate surface area is 166 Å². The minimum atomic E-state index is -0.708. The van der Waals surface area contributed by atoms with Crippen LogP contribution in [0.4, 0.5) is 0 Å². The van der Waals surface area contributed by atoms with E-state index in [0.717, 1.165) is 10.0 Å². The van der Waals surface area contributed by atoms with Crippen LogP contribution >= 0.6 is 27.5 Å². The van der Waals surface area contributed by atoms with Crippen molar-refractivity contribution in [2.45, 2.75) is 19.9 Å². The maximum atomic E-state index is 12.4. The van der Waals surface area contributed by atoms with Crippen LogP contribution in [0, 0.1) is 5.92 Å². The Morgan fingerprint density at radius 3 is 2.27 bits per heavy atom. The Bertz CT molecular complexity index is 789. The second-order valence-electron chi connectivity index (χ2n) is 5.99. The number of hydrogen-bond acceptors (Lipinski definition) is 3. The van der Waals surface area contributed by atoms with Gasteiger partial charge in [-0.25, -0.2) is 5.43 Å². The van der Waals surface area contributed by atoms with Crippen molar-refractivity contribution in [2.24, 2.45) is 11.0 Å². The van der Waals surface area contributed by atoms with Gasteiger partial charge in [0.15, 0.2) is 0 Å². The first-order chi connectivity index (χ1) is 12.4. The van der Waals surface area contributed by atoms with Crippen LogP contribution in [0.15, 0.2) is 58.1 Å². The van der Waals surface area contributed by atoms with E-state index in [2.05, 4.69) is 31.8 Å². The molecule has 0 aliphatic heterocycles. The van der Waals surface area contributed by atoms with E-state index >= 15 is 0 Å². The highest BCUT2D eigenvalue weighted by atomic mass is 79.9. The highest BCUT2D eigenvalue weighted by molar-refractivity contribution is 9.10. The molecule has 26 heavy (non-hydrogen) atoms. The molecule has 2 N–H and O–H groups in total. The van der Waals surface area contributed by atoms with Gasteiger partial charge in [0.1, 0.15) is 6.04 Å². The minimum absolute atomic E-state index is 0.103. The zero-order valence-corrected chi connectivity index (χ0v) is 16.7. The third-order valence-corrected chi connectivity index (χ3v) is 4.38. The Hall–Kier alpha value is -2.18.